The largest absolute Gasteiger partial charge is 0.431 e. The highest BCUT2D eigenvalue weighted by molar-refractivity contribution is 7.99. The minimum absolute atomic E-state index is 0.162. The minimum atomic E-state index is -4.49. The van der Waals surface area contributed by atoms with Gasteiger partial charge in [0.1, 0.15) is 5.52 Å². The van der Waals surface area contributed by atoms with Gasteiger partial charge in [-0.25, -0.2) is 10.5 Å². The molecule has 0 bridgehead atoms. The van der Waals surface area contributed by atoms with Gasteiger partial charge >= 0.3 is 6.18 Å². The third-order valence-electron chi connectivity index (χ3n) is 2.02. The highest BCUT2D eigenvalue weighted by atomic mass is 32.2. The Kier molecular flexibility index (Phi) is 4.50. The number of halogens is 3. The molecule has 0 aliphatic carbocycles. The lowest BCUT2D eigenvalue weighted by Crippen LogP contribution is -2.30. The van der Waals surface area contributed by atoms with Gasteiger partial charge in [-0.3, -0.25) is 9.63 Å². The summed E-state index contributed by atoms with van der Waals surface area (Å²) in [5, 5.41) is 0.261. The maximum absolute atomic E-state index is 11.8. The Morgan fingerprint density at radius 2 is 2.15 bits per heavy atom. The number of carbonyl (C=O) groups excluding carboxylic acids is 1. The van der Waals surface area contributed by atoms with Gasteiger partial charge in [0.2, 0.25) is 0 Å². The van der Waals surface area contributed by atoms with Gasteiger partial charge in [0, 0.05) is 0 Å². The molecule has 0 saturated heterocycles. The normalized spacial score (nSPS) is 11.8. The van der Waals surface area contributed by atoms with Crippen molar-refractivity contribution in [2.75, 3.05) is 12.4 Å². The lowest BCUT2D eigenvalue weighted by atomic mass is 10.3. The number of hydrogen-bond acceptors (Lipinski definition) is 5. The van der Waals surface area contributed by atoms with E-state index in [1.165, 1.54) is 0 Å². The standard InChI is InChI=1S/C11H9F3N2O3S/c12-11(13,14)6-18-16-9(17)5-20-10-15-7-3-1-2-4-8(7)19-10/h1-4H,5-6H2,(H,16,17). The second-order valence-corrected chi connectivity index (χ2v) is 4.59. The van der Waals surface area contributed by atoms with Crippen molar-refractivity contribution < 1.29 is 27.2 Å². The molecule has 0 atom stereocenters. The van der Waals surface area contributed by atoms with Crippen LogP contribution in [0.15, 0.2) is 33.9 Å². The van der Waals surface area contributed by atoms with E-state index in [2.05, 4.69) is 9.82 Å². The fourth-order valence-electron chi connectivity index (χ4n) is 1.27. The number of hydrogen-bond donors (Lipinski definition) is 1. The van der Waals surface area contributed by atoms with Crippen LogP contribution in [0.25, 0.3) is 11.1 Å². The SMILES string of the molecule is O=C(CSc1nc2ccccc2o1)NOCC(F)(F)F. The molecule has 108 valence electrons. The average Bonchev–Trinajstić information content (AvgIpc) is 2.77. The van der Waals surface area contributed by atoms with Crippen LogP contribution in [0.4, 0.5) is 13.2 Å². The first-order valence-corrected chi connectivity index (χ1v) is 6.38. The molecular formula is C11H9F3N2O3S. The third kappa shape index (κ3) is 4.42. The summed E-state index contributed by atoms with van der Waals surface area (Å²) < 4.78 is 40.6. The van der Waals surface area contributed by atoms with Crippen LogP contribution in [0.3, 0.4) is 0 Å². The van der Waals surface area contributed by atoms with Crippen LogP contribution < -0.4 is 5.48 Å². The van der Waals surface area contributed by atoms with Crippen molar-refractivity contribution in [1.29, 1.82) is 0 Å². The lowest BCUT2D eigenvalue weighted by Gasteiger charge is -2.07. The summed E-state index contributed by atoms with van der Waals surface area (Å²) in [5.74, 6) is -0.869. The van der Waals surface area contributed by atoms with Gasteiger partial charge in [-0.05, 0) is 12.1 Å². The quantitative estimate of drug-likeness (QED) is 0.679. The maximum Gasteiger partial charge on any atom is 0.414 e. The molecule has 0 radical (unpaired) electrons. The fraction of sp³-hybridized carbons (Fsp3) is 0.273. The molecule has 0 fully saturated rings. The zero-order valence-corrected chi connectivity index (χ0v) is 10.8. The first-order chi connectivity index (χ1) is 9.44. The number of fused-ring (bicyclic) bond motifs is 1. The predicted molar refractivity (Wildman–Crippen MR) is 64.9 cm³/mol. The van der Waals surface area contributed by atoms with E-state index < -0.39 is 18.7 Å². The van der Waals surface area contributed by atoms with Gasteiger partial charge in [0.05, 0.1) is 5.75 Å². The number of rotatable bonds is 5. The topological polar surface area (TPSA) is 64.4 Å². The molecule has 5 nitrogen and oxygen atoms in total. The number of aromatic nitrogens is 1. The van der Waals surface area contributed by atoms with Crippen molar-refractivity contribution in [3.05, 3.63) is 24.3 Å². The lowest BCUT2D eigenvalue weighted by molar-refractivity contribution is -0.191. The van der Waals surface area contributed by atoms with Crippen LogP contribution in [0, 0.1) is 0 Å². The molecule has 0 spiro atoms. The number of benzene rings is 1. The van der Waals surface area contributed by atoms with Crippen LogP contribution in [0.5, 0.6) is 0 Å². The fourth-order valence-corrected chi connectivity index (χ4v) is 1.89. The van der Waals surface area contributed by atoms with Crippen LogP contribution in [0.1, 0.15) is 0 Å². The Morgan fingerprint density at radius 3 is 2.85 bits per heavy atom. The van der Waals surface area contributed by atoms with E-state index in [9.17, 15) is 18.0 Å². The first-order valence-electron chi connectivity index (χ1n) is 5.40. The minimum Gasteiger partial charge on any atom is -0.431 e. The Balaban J connectivity index is 1.78. The number of oxazole rings is 1. The number of nitrogens with zero attached hydrogens (tertiary/aromatic N) is 1. The van der Waals surface area contributed by atoms with Crippen molar-refractivity contribution in [3.63, 3.8) is 0 Å². The zero-order valence-electron chi connectivity index (χ0n) is 9.94. The molecule has 0 aliphatic rings. The van der Waals surface area contributed by atoms with Gasteiger partial charge in [-0.15, -0.1) is 0 Å². The molecule has 2 rings (SSSR count). The molecule has 1 aromatic carbocycles. The molecule has 1 amide bonds. The van der Waals surface area contributed by atoms with Gasteiger partial charge in [-0.2, -0.15) is 13.2 Å². The molecule has 1 N–H and O–H groups in total. The molecule has 20 heavy (non-hydrogen) atoms. The number of alkyl halides is 3. The molecule has 2 aromatic rings. The van der Waals surface area contributed by atoms with E-state index in [-0.39, 0.29) is 11.0 Å². The number of nitrogens with one attached hydrogen (secondary N) is 1. The second kappa shape index (κ2) is 6.14. The van der Waals surface area contributed by atoms with E-state index in [4.69, 9.17) is 4.42 Å². The van der Waals surface area contributed by atoms with E-state index in [1.54, 1.807) is 29.7 Å². The van der Waals surface area contributed by atoms with Crippen LogP contribution >= 0.6 is 11.8 Å². The van der Waals surface area contributed by atoms with Gasteiger partial charge in [0.25, 0.3) is 11.1 Å². The molecule has 9 heteroatoms. The van der Waals surface area contributed by atoms with Crippen molar-refractivity contribution in [1.82, 2.24) is 10.5 Å². The van der Waals surface area contributed by atoms with Crippen LogP contribution in [-0.2, 0) is 9.63 Å². The molecular weight excluding hydrogens is 297 g/mol. The monoisotopic (exact) mass is 306 g/mol. The van der Waals surface area contributed by atoms with Gasteiger partial charge in [0.15, 0.2) is 12.2 Å². The number of thioether (sulfide) groups is 1. The van der Waals surface area contributed by atoms with E-state index >= 15 is 0 Å². The zero-order chi connectivity index (χ0) is 14.6. The van der Waals surface area contributed by atoms with Gasteiger partial charge in [-0.1, -0.05) is 23.9 Å². The molecule has 1 heterocycles. The van der Waals surface area contributed by atoms with Crippen molar-refractivity contribution >= 4 is 28.8 Å². The molecule has 0 saturated carbocycles. The highest BCUT2D eigenvalue weighted by Crippen LogP contribution is 2.22. The summed E-state index contributed by atoms with van der Waals surface area (Å²) in [6.07, 6.45) is -4.49. The summed E-state index contributed by atoms with van der Waals surface area (Å²) in [5.41, 5.74) is 2.91. The second-order valence-electron chi connectivity index (χ2n) is 3.67. The molecule has 0 unspecified atom stereocenters. The summed E-state index contributed by atoms with van der Waals surface area (Å²) in [4.78, 5) is 19.3. The Bertz CT molecular complexity index is 567. The predicted octanol–water partition coefficient (Wildman–Crippen LogP) is 2.53. The summed E-state index contributed by atoms with van der Waals surface area (Å²) in [6.45, 7) is -1.54. The molecule has 1 aromatic heterocycles. The van der Waals surface area contributed by atoms with Crippen molar-refractivity contribution in [2.45, 2.75) is 11.4 Å². The summed E-state index contributed by atoms with van der Waals surface area (Å²) in [6, 6.07) is 7.03. The number of carbonyl (C=O) groups is 1. The average molecular weight is 306 g/mol. The Hall–Kier alpha value is -1.74. The van der Waals surface area contributed by atoms with E-state index in [0.717, 1.165) is 11.8 Å². The van der Waals surface area contributed by atoms with Crippen molar-refractivity contribution in [2.24, 2.45) is 0 Å². The smallest absolute Gasteiger partial charge is 0.414 e. The van der Waals surface area contributed by atoms with Crippen molar-refractivity contribution in [3.8, 4) is 0 Å². The summed E-state index contributed by atoms with van der Waals surface area (Å²) in [7, 11) is 0. The van der Waals surface area contributed by atoms with E-state index in [0.29, 0.717) is 11.1 Å². The number of hydroxylamine groups is 1. The summed E-state index contributed by atoms with van der Waals surface area (Å²) >= 11 is 0.961. The number of amides is 1. The van der Waals surface area contributed by atoms with Crippen LogP contribution in [-0.4, -0.2) is 29.4 Å². The Morgan fingerprint density at radius 1 is 1.40 bits per heavy atom. The Labute approximate surface area is 115 Å². The van der Waals surface area contributed by atoms with Gasteiger partial charge < -0.3 is 4.42 Å². The van der Waals surface area contributed by atoms with Crippen LogP contribution in [0.2, 0.25) is 0 Å². The molecule has 0 aliphatic heterocycles. The third-order valence-corrected chi connectivity index (χ3v) is 2.85. The number of para-hydroxylation sites is 2. The van der Waals surface area contributed by atoms with E-state index in [1.807, 2.05) is 0 Å². The first kappa shape index (κ1) is 14.7. The maximum atomic E-state index is 11.8. The highest BCUT2D eigenvalue weighted by Gasteiger charge is 2.28.